The summed E-state index contributed by atoms with van der Waals surface area (Å²) in [5.41, 5.74) is 0. The second-order valence-corrected chi connectivity index (χ2v) is 5.70. The van der Waals surface area contributed by atoms with Gasteiger partial charge in [-0.1, -0.05) is 0 Å². The number of morpholine rings is 1. The maximum absolute atomic E-state index is 12.3. The van der Waals surface area contributed by atoms with Crippen LogP contribution in [0.1, 0.15) is 34.1 Å². The van der Waals surface area contributed by atoms with Crippen molar-refractivity contribution in [3.63, 3.8) is 0 Å². The van der Waals surface area contributed by atoms with E-state index in [0.717, 1.165) is 6.54 Å². The van der Waals surface area contributed by atoms with E-state index in [1.807, 2.05) is 18.7 Å². The third-order valence-corrected chi connectivity index (χ3v) is 3.44. The molecule has 0 bridgehead atoms. The van der Waals surface area contributed by atoms with Crippen LogP contribution < -0.4 is 0 Å². The summed E-state index contributed by atoms with van der Waals surface area (Å²) < 4.78 is 5.64. The fraction of sp³-hybridized carbons (Fsp3) is 0.929. The minimum Gasteiger partial charge on any atom is -0.396 e. The molecule has 5 heteroatoms. The first-order valence-corrected chi connectivity index (χ1v) is 7.22. The number of aliphatic hydroxyl groups is 1. The summed E-state index contributed by atoms with van der Waals surface area (Å²) in [4.78, 5) is 16.3. The van der Waals surface area contributed by atoms with E-state index in [-0.39, 0.29) is 24.7 Å². The summed E-state index contributed by atoms with van der Waals surface area (Å²) in [7, 11) is 0. The summed E-state index contributed by atoms with van der Waals surface area (Å²) >= 11 is 0. The lowest BCUT2D eigenvalue weighted by Gasteiger charge is -2.37. The van der Waals surface area contributed by atoms with Gasteiger partial charge in [-0.25, -0.2) is 0 Å². The van der Waals surface area contributed by atoms with Gasteiger partial charge in [-0.15, -0.1) is 0 Å². The standard InChI is InChI=1S/C14H28N2O3/c1-11(2)15(6-5-7-17)10-14(18)16-8-12(3)19-13(4)9-16/h11-13,17H,5-10H2,1-4H3. The SMILES string of the molecule is CC1CN(C(=O)CN(CCCO)C(C)C)CC(C)O1. The van der Waals surface area contributed by atoms with Crippen LogP contribution in [-0.2, 0) is 9.53 Å². The number of aliphatic hydroxyl groups excluding tert-OH is 1. The number of carbonyl (C=O) groups excluding carboxylic acids is 1. The number of hydrogen-bond acceptors (Lipinski definition) is 4. The molecular formula is C14H28N2O3. The molecule has 1 aliphatic rings. The normalized spacial score (nSPS) is 24.3. The van der Waals surface area contributed by atoms with Crippen molar-refractivity contribution in [1.29, 1.82) is 0 Å². The molecule has 0 radical (unpaired) electrons. The van der Waals surface area contributed by atoms with Gasteiger partial charge < -0.3 is 14.7 Å². The zero-order valence-corrected chi connectivity index (χ0v) is 12.6. The van der Waals surface area contributed by atoms with Crippen LogP contribution in [0.25, 0.3) is 0 Å². The minimum atomic E-state index is 0.109. The lowest BCUT2D eigenvalue weighted by Crippen LogP contribution is -2.51. The Bertz CT molecular complexity index is 274. The number of ether oxygens (including phenoxy) is 1. The highest BCUT2D eigenvalue weighted by molar-refractivity contribution is 5.78. The van der Waals surface area contributed by atoms with Gasteiger partial charge in [0.15, 0.2) is 0 Å². The fourth-order valence-electron chi connectivity index (χ4n) is 2.45. The van der Waals surface area contributed by atoms with Gasteiger partial charge in [0.25, 0.3) is 0 Å². The molecule has 2 atom stereocenters. The highest BCUT2D eigenvalue weighted by Gasteiger charge is 2.27. The Balaban J connectivity index is 2.51. The van der Waals surface area contributed by atoms with Crippen molar-refractivity contribution in [2.45, 2.75) is 52.4 Å². The number of nitrogens with zero attached hydrogens (tertiary/aromatic N) is 2. The van der Waals surface area contributed by atoms with Crippen LogP contribution in [0.3, 0.4) is 0 Å². The molecule has 5 nitrogen and oxygen atoms in total. The van der Waals surface area contributed by atoms with Crippen molar-refractivity contribution in [1.82, 2.24) is 9.80 Å². The van der Waals surface area contributed by atoms with Gasteiger partial charge in [-0.3, -0.25) is 9.69 Å². The molecule has 0 aromatic carbocycles. The fourth-order valence-corrected chi connectivity index (χ4v) is 2.45. The maximum Gasteiger partial charge on any atom is 0.236 e. The molecule has 112 valence electrons. The zero-order valence-electron chi connectivity index (χ0n) is 12.6. The van der Waals surface area contributed by atoms with Gasteiger partial charge in [0.05, 0.1) is 18.8 Å². The van der Waals surface area contributed by atoms with Gasteiger partial charge in [0.1, 0.15) is 0 Å². The summed E-state index contributed by atoms with van der Waals surface area (Å²) in [5, 5.41) is 8.91. The van der Waals surface area contributed by atoms with Gasteiger partial charge in [-0.05, 0) is 34.1 Å². The van der Waals surface area contributed by atoms with Crippen molar-refractivity contribution in [2.24, 2.45) is 0 Å². The zero-order chi connectivity index (χ0) is 14.4. The third-order valence-electron chi connectivity index (χ3n) is 3.44. The molecule has 0 saturated carbocycles. The first-order chi connectivity index (χ1) is 8.93. The first-order valence-electron chi connectivity index (χ1n) is 7.22. The number of amides is 1. The summed E-state index contributed by atoms with van der Waals surface area (Å²) in [6, 6.07) is 0.311. The number of rotatable bonds is 6. The Labute approximate surface area is 116 Å². The molecule has 0 spiro atoms. The number of carbonyl (C=O) groups is 1. The summed E-state index contributed by atoms with van der Waals surface area (Å²) in [6.07, 6.45) is 0.928. The molecular weight excluding hydrogens is 244 g/mol. The van der Waals surface area contributed by atoms with E-state index < -0.39 is 0 Å². The van der Waals surface area contributed by atoms with E-state index in [2.05, 4.69) is 18.7 Å². The van der Waals surface area contributed by atoms with Gasteiger partial charge in [0.2, 0.25) is 5.91 Å². The Hall–Kier alpha value is -0.650. The molecule has 1 saturated heterocycles. The predicted octanol–water partition coefficient (Wildman–Crippen LogP) is 0.715. The van der Waals surface area contributed by atoms with E-state index in [0.29, 0.717) is 32.1 Å². The Kier molecular flexibility index (Phi) is 6.75. The van der Waals surface area contributed by atoms with Crippen molar-refractivity contribution in [2.75, 3.05) is 32.8 Å². The van der Waals surface area contributed by atoms with Gasteiger partial charge in [-0.2, -0.15) is 0 Å². The summed E-state index contributed by atoms with van der Waals surface area (Å²) in [5.74, 6) is 0.161. The molecule has 1 aliphatic heterocycles. The van der Waals surface area contributed by atoms with E-state index in [1.54, 1.807) is 0 Å². The van der Waals surface area contributed by atoms with Crippen LogP contribution in [0.4, 0.5) is 0 Å². The second-order valence-electron chi connectivity index (χ2n) is 5.70. The largest absolute Gasteiger partial charge is 0.396 e. The monoisotopic (exact) mass is 272 g/mol. The Morgan fingerprint density at radius 3 is 2.42 bits per heavy atom. The molecule has 0 aromatic heterocycles. The van der Waals surface area contributed by atoms with Gasteiger partial charge >= 0.3 is 0 Å². The maximum atomic E-state index is 12.3. The average molecular weight is 272 g/mol. The molecule has 19 heavy (non-hydrogen) atoms. The Morgan fingerprint density at radius 1 is 1.37 bits per heavy atom. The molecule has 2 unspecified atom stereocenters. The predicted molar refractivity (Wildman–Crippen MR) is 75.0 cm³/mol. The van der Waals surface area contributed by atoms with Crippen molar-refractivity contribution < 1.29 is 14.6 Å². The van der Waals surface area contributed by atoms with Crippen molar-refractivity contribution in [3.8, 4) is 0 Å². The van der Waals surface area contributed by atoms with E-state index >= 15 is 0 Å². The second kappa shape index (κ2) is 7.82. The first kappa shape index (κ1) is 16.4. The highest BCUT2D eigenvalue weighted by Crippen LogP contribution is 2.11. The lowest BCUT2D eigenvalue weighted by atomic mass is 10.2. The quantitative estimate of drug-likeness (QED) is 0.774. The van der Waals surface area contributed by atoms with Crippen LogP contribution in [-0.4, -0.2) is 71.8 Å². The molecule has 1 fully saturated rings. The van der Waals surface area contributed by atoms with Crippen LogP contribution in [0.2, 0.25) is 0 Å². The summed E-state index contributed by atoms with van der Waals surface area (Å²) in [6.45, 7) is 10.9. The molecule has 1 rings (SSSR count). The van der Waals surface area contributed by atoms with E-state index in [4.69, 9.17) is 9.84 Å². The van der Waals surface area contributed by atoms with E-state index in [1.165, 1.54) is 0 Å². The molecule has 1 N–H and O–H groups in total. The molecule has 0 aliphatic carbocycles. The Morgan fingerprint density at radius 2 is 1.95 bits per heavy atom. The average Bonchev–Trinajstić information content (AvgIpc) is 2.32. The highest BCUT2D eigenvalue weighted by atomic mass is 16.5. The third kappa shape index (κ3) is 5.47. The molecule has 1 heterocycles. The van der Waals surface area contributed by atoms with Crippen LogP contribution >= 0.6 is 0 Å². The van der Waals surface area contributed by atoms with Crippen LogP contribution in [0.5, 0.6) is 0 Å². The number of hydrogen-bond donors (Lipinski definition) is 1. The molecule has 0 aromatic rings. The van der Waals surface area contributed by atoms with Crippen molar-refractivity contribution >= 4 is 5.91 Å². The van der Waals surface area contributed by atoms with Crippen molar-refractivity contribution in [3.05, 3.63) is 0 Å². The van der Waals surface area contributed by atoms with Crippen LogP contribution in [0, 0.1) is 0 Å². The van der Waals surface area contributed by atoms with Crippen LogP contribution in [0.15, 0.2) is 0 Å². The minimum absolute atomic E-state index is 0.109. The molecule has 1 amide bonds. The lowest BCUT2D eigenvalue weighted by molar-refractivity contribution is -0.144. The smallest absolute Gasteiger partial charge is 0.236 e. The topological polar surface area (TPSA) is 53.0 Å². The van der Waals surface area contributed by atoms with Gasteiger partial charge in [0, 0.05) is 32.3 Å². The van der Waals surface area contributed by atoms with E-state index in [9.17, 15) is 4.79 Å².